The van der Waals surface area contributed by atoms with Crippen molar-refractivity contribution >= 4 is 5.97 Å². The molecule has 0 aliphatic heterocycles. The number of rotatable bonds is 7. The number of aliphatic hydroxyl groups is 1. The number of carbonyl (C=O) groups is 1. The third-order valence-corrected chi connectivity index (χ3v) is 2.11. The van der Waals surface area contributed by atoms with Gasteiger partial charge in [0.2, 0.25) is 0 Å². The topological polar surface area (TPSA) is 55.8 Å². The van der Waals surface area contributed by atoms with Gasteiger partial charge in [-0.2, -0.15) is 0 Å². The molecule has 1 unspecified atom stereocenters. The highest BCUT2D eigenvalue weighted by Crippen LogP contribution is 2.16. The van der Waals surface area contributed by atoms with Gasteiger partial charge >= 0.3 is 5.97 Å². The van der Waals surface area contributed by atoms with E-state index in [1.807, 2.05) is 6.92 Å². The molecule has 0 saturated heterocycles. The molecule has 0 aliphatic carbocycles. The minimum Gasteiger partial charge on any atom is -0.466 e. The fourth-order valence-electron chi connectivity index (χ4n) is 0.948. The predicted molar refractivity (Wildman–Crippen MR) is 52.7 cm³/mol. The Bertz CT molecular complexity index is 164. The highest BCUT2D eigenvalue weighted by molar-refractivity contribution is 5.70. The predicted octanol–water partition coefficient (Wildman–Crippen LogP) is 1.46. The number of hydrogen-bond donors (Lipinski definition) is 1. The standard InChI is InChI=1S/C10H20O4/c1-4-6-7-14-9(11)8-10(12,5-2)13-3/h12H,4-8H2,1-3H3. The molecular weight excluding hydrogens is 184 g/mol. The van der Waals surface area contributed by atoms with Crippen molar-refractivity contribution in [2.24, 2.45) is 0 Å². The zero-order valence-electron chi connectivity index (χ0n) is 9.21. The molecule has 0 spiro atoms. The number of methoxy groups -OCH3 is 1. The zero-order chi connectivity index (χ0) is 11.0. The first-order chi connectivity index (χ1) is 6.58. The van der Waals surface area contributed by atoms with Crippen LogP contribution >= 0.6 is 0 Å². The number of ether oxygens (including phenoxy) is 2. The van der Waals surface area contributed by atoms with Crippen molar-refractivity contribution in [3.8, 4) is 0 Å². The molecule has 1 N–H and O–H groups in total. The van der Waals surface area contributed by atoms with E-state index in [0.717, 1.165) is 12.8 Å². The van der Waals surface area contributed by atoms with Crippen molar-refractivity contribution in [2.75, 3.05) is 13.7 Å². The molecule has 0 fully saturated rings. The molecule has 0 bridgehead atoms. The third kappa shape index (κ3) is 5.19. The molecular formula is C10H20O4. The van der Waals surface area contributed by atoms with E-state index < -0.39 is 11.8 Å². The molecule has 0 aromatic carbocycles. The number of carbonyl (C=O) groups excluding carboxylic acids is 1. The summed E-state index contributed by atoms with van der Waals surface area (Å²) in [4.78, 5) is 11.2. The molecule has 4 heteroatoms. The fourth-order valence-corrected chi connectivity index (χ4v) is 0.948. The van der Waals surface area contributed by atoms with E-state index in [2.05, 4.69) is 0 Å². The quantitative estimate of drug-likeness (QED) is 0.387. The molecule has 0 aromatic rings. The smallest absolute Gasteiger partial charge is 0.311 e. The van der Waals surface area contributed by atoms with Crippen LogP contribution < -0.4 is 0 Å². The molecule has 0 saturated carbocycles. The van der Waals surface area contributed by atoms with Gasteiger partial charge in [-0.1, -0.05) is 20.3 Å². The summed E-state index contributed by atoms with van der Waals surface area (Å²) in [6, 6.07) is 0. The summed E-state index contributed by atoms with van der Waals surface area (Å²) in [7, 11) is 1.38. The Labute approximate surface area is 85.2 Å². The Balaban J connectivity index is 3.80. The van der Waals surface area contributed by atoms with Crippen LogP contribution in [0.5, 0.6) is 0 Å². The van der Waals surface area contributed by atoms with E-state index in [9.17, 15) is 9.90 Å². The maximum atomic E-state index is 11.2. The molecule has 0 aromatic heterocycles. The molecule has 0 amide bonds. The summed E-state index contributed by atoms with van der Waals surface area (Å²) >= 11 is 0. The highest BCUT2D eigenvalue weighted by Gasteiger charge is 2.28. The van der Waals surface area contributed by atoms with Gasteiger partial charge in [-0.15, -0.1) is 0 Å². The van der Waals surface area contributed by atoms with Gasteiger partial charge in [-0.25, -0.2) is 0 Å². The molecule has 4 nitrogen and oxygen atoms in total. The molecule has 0 aliphatic rings. The Kier molecular flexibility index (Phi) is 6.49. The van der Waals surface area contributed by atoms with E-state index >= 15 is 0 Å². The van der Waals surface area contributed by atoms with Crippen molar-refractivity contribution in [1.29, 1.82) is 0 Å². The van der Waals surface area contributed by atoms with Gasteiger partial charge in [0.1, 0.15) is 0 Å². The van der Waals surface area contributed by atoms with Crippen LogP contribution in [0.2, 0.25) is 0 Å². The first-order valence-corrected chi connectivity index (χ1v) is 5.01. The SMILES string of the molecule is CCCCOC(=O)CC(O)(CC)OC. The number of esters is 1. The Hall–Kier alpha value is -0.610. The van der Waals surface area contributed by atoms with Crippen molar-refractivity contribution in [2.45, 2.75) is 45.3 Å². The van der Waals surface area contributed by atoms with Gasteiger partial charge < -0.3 is 14.6 Å². The van der Waals surface area contributed by atoms with Crippen LogP contribution in [0.3, 0.4) is 0 Å². The minimum atomic E-state index is -1.37. The monoisotopic (exact) mass is 204 g/mol. The van der Waals surface area contributed by atoms with Gasteiger partial charge in [-0.3, -0.25) is 4.79 Å². The first kappa shape index (κ1) is 13.4. The lowest BCUT2D eigenvalue weighted by Crippen LogP contribution is -2.33. The molecule has 1 atom stereocenters. The van der Waals surface area contributed by atoms with Crippen LogP contribution in [-0.2, 0) is 14.3 Å². The highest BCUT2D eigenvalue weighted by atomic mass is 16.6. The number of hydrogen-bond acceptors (Lipinski definition) is 4. The average Bonchev–Trinajstić information content (AvgIpc) is 2.18. The number of unbranched alkanes of at least 4 members (excludes halogenated alkanes) is 1. The second-order valence-corrected chi connectivity index (χ2v) is 3.25. The van der Waals surface area contributed by atoms with Crippen molar-refractivity contribution in [1.82, 2.24) is 0 Å². The van der Waals surface area contributed by atoms with Crippen molar-refractivity contribution < 1.29 is 19.4 Å². The molecule has 14 heavy (non-hydrogen) atoms. The third-order valence-electron chi connectivity index (χ3n) is 2.11. The summed E-state index contributed by atoms with van der Waals surface area (Å²) < 4.78 is 9.72. The minimum absolute atomic E-state index is 0.107. The Morgan fingerprint density at radius 3 is 2.50 bits per heavy atom. The molecule has 84 valence electrons. The van der Waals surface area contributed by atoms with E-state index in [4.69, 9.17) is 9.47 Å². The second-order valence-electron chi connectivity index (χ2n) is 3.25. The molecule has 0 radical (unpaired) electrons. The lowest BCUT2D eigenvalue weighted by atomic mass is 10.1. The lowest BCUT2D eigenvalue weighted by Gasteiger charge is -2.23. The van der Waals surface area contributed by atoms with Crippen LogP contribution in [0.15, 0.2) is 0 Å². The average molecular weight is 204 g/mol. The van der Waals surface area contributed by atoms with Crippen molar-refractivity contribution in [3.63, 3.8) is 0 Å². The second kappa shape index (κ2) is 6.79. The maximum Gasteiger partial charge on any atom is 0.311 e. The van der Waals surface area contributed by atoms with E-state index in [0.29, 0.717) is 13.0 Å². The zero-order valence-corrected chi connectivity index (χ0v) is 9.21. The van der Waals surface area contributed by atoms with Gasteiger partial charge in [0, 0.05) is 7.11 Å². The summed E-state index contributed by atoms with van der Waals surface area (Å²) in [6.45, 7) is 4.19. The summed E-state index contributed by atoms with van der Waals surface area (Å²) in [5, 5.41) is 9.63. The van der Waals surface area contributed by atoms with Crippen LogP contribution in [0, 0.1) is 0 Å². The normalized spacial score (nSPS) is 14.9. The summed E-state index contributed by atoms with van der Waals surface area (Å²) in [6.07, 6.45) is 2.09. The van der Waals surface area contributed by atoms with E-state index in [1.54, 1.807) is 6.92 Å². The molecule has 0 rings (SSSR count). The van der Waals surface area contributed by atoms with Crippen LogP contribution in [0.25, 0.3) is 0 Å². The van der Waals surface area contributed by atoms with Crippen molar-refractivity contribution in [3.05, 3.63) is 0 Å². The summed E-state index contributed by atoms with van der Waals surface area (Å²) in [5.41, 5.74) is 0. The van der Waals surface area contributed by atoms with Crippen LogP contribution in [-0.4, -0.2) is 30.6 Å². The first-order valence-electron chi connectivity index (χ1n) is 5.01. The Morgan fingerprint density at radius 2 is 2.07 bits per heavy atom. The van der Waals surface area contributed by atoms with Gasteiger partial charge in [0.25, 0.3) is 0 Å². The summed E-state index contributed by atoms with van der Waals surface area (Å²) in [5.74, 6) is -1.78. The largest absolute Gasteiger partial charge is 0.466 e. The van der Waals surface area contributed by atoms with Gasteiger partial charge in [-0.05, 0) is 12.8 Å². The lowest BCUT2D eigenvalue weighted by molar-refractivity contribution is -0.201. The van der Waals surface area contributed by atoms with Crippen LogP contribution in [0.4, 0.5) is 0 Å². The van der Waals surface area contributed by atoms with E-state index in [-0.39, 0.29) is 6.42 Å². The van der Waals surface area contributed by atoms with Crippen LogP contribution in [0.1, 0.15) is 39.5 Å². The Morgan fingerprint density at radius 1 is 1.43 bits per heavy atom. The van der Waals surface area contributed by atoms with E-state index in [1.165, 1.54) is 7.11 Å². The van der Waals surface area contributed by atoms with Gasteiger partial charge in [0.15, 0.2) is 5.79 Å². The maximum absolute atomic E-state index is 11.2. The molecule has 0 heterocycles. The fraction of sp³-hybridized carbons (Fsp3) is 0.900. The van der Waals surface area contributed by atoms with Gasteiger partial charge in [0.05, 0.1) is 13.0 Å².